The minimum absolute atomic E-state index is 0.769. The number of nitrogens with two attached hydrogens (primary N) is 1. The minimum Gasteiger partial charge on any atom is -0.397 e. The molecular formula is C20H20N2. The van der Waals surface area contributed by atoms with Crippen LogP contribution in [0.4, 0.5) is 22.7 Å². The van der Waals surface area contributed by atoms with Crippen LogP contribution in [0.1, 0.15) is 11.1 Å². The van der Waals surface area contributed by atoms with Crippen LogP contribution in [-0.4, -0.2) is 0 Å². The van der Waals surface area contributed by atoms with Crippen molar-refractivity contribution in [3.05, 3.63) is 83.9 Å². The number of aryl methyl sites for hydroxylation is 2. The summed E-state index contributed by atoms with van der Waals surface area (Å²) in [7, 11) is 0. The largest absolute Gasteiger partial charge is 0.397 e. The lowest BCUT2D eigenvalue weighted by Gasteiger charge is -2.27. The Labute approximate surface area is 131 Å². The molecule has 0 aromatic heterocycles. The van der Waals surface area contributed by atoms with Crippen LogP contribution in [0.5, 0.6) is 0 Å². The van der Waals surface area contributed by atoms with Crippen LogP contribution in [0.2, 0.25) is 0 Å². The molecule has 0 aliphatic carbocycles. The van der Waals surface area contributed by atoms with E-state index >= 15 is 0 Å². The SMILES string of the molecule is Cc1cc(C)cc(N(c2ccccc2)c2ccccc2N)c1. The van der Waals surface area contributed by atoms with Gasteiger partial charge in [0.1, 0.15) is 0 Å². The van der Waals surface area contributed by atoms with Gasteiger partial charge in [-0.05, 0) is 61.4 Å². The van der Waals surface area contributed by atoms with E-state index in [-0.39, 0.29) is 0 Å². The zero-order valence-electron chi connectivity index (χ0n) is 13.0. The molecule has 0 saturated heterocycles. The Balaban J connectivity index is 2.22. The third kappa shape index (κ3) is 2.82. The van der Waals surface area contributed by atoms with Crippen molar-refractivity contribution in [2.24, 2.45) is 0 Å². The minimum atomic E-state index is 0.769. The fourth-order valence-electron chi connectivity index (χ4n) is 2.78. The summed E-state index contributed by atoms with van der Waals surface area (Å²) in [5, 5.41) is 0. The molecule has 0 saturated carbocycles. The van der Waals surface area contributed by atoms with E-state index in [4.69, 9.17) is 5.73 Å². The van der Waals surface area contributed by atoms with E-state index in [0.29, 0.717) is 0 Å². The van der Waals surface area contributed by atoms with Gasteiger partial charge in [0.05, 0.1) is 11.4 Å². The van der Waals surface area contributed by atoms with Crippen molar-refractivity contribution in [1.29, 1.82) is 0 Å². The first-order valence-corrected chi connectivity index (χ1v) is 7.43. The van der Waals surface area contributed by atoms with Crippen LogP contribution in [0.3, 0.4) is 0 Å². The lowest BCUT2D eigenvalue weighted by molar-refractivity contribution is 1.25. The molecule has 0 spiro atoms. The second kappa shape index (κ2) is 5.94. The van der Waals surface area contributed by atoms with Crippen LogP contribution in [-0.2, 0) is 0 Å². The third-order valence-electron chi connectivity index (χ3n) is 3.66. The third-order valence-corrected chi connectivity index (χ3v) is 3.66. The number of hydrogen-bond donors (Lipinski definition) is 1. The molecule has 0 heterocycles. The molecule has 2 nitrogen and oxygen atoms in total. The Morgan fingerprint density at radius 2 is 1.27 bits per heavy atom. The van der Waals surface area contributed by atoms with Crippen molar-refractivity contribution in [2.75, 3.05) is 10.6 Å². The van der Waals surface area contributed by atoms with Crippen LogP contribution in [0, 0.1) is 13.8 Å². The van der Waals surface area contributed by atoms with Crippen molar-refractivity contribution < 1.29 is 0 Å². The Hall–Kier alpha value is -2.74. The molecule has 3 rings (SSSR count). The second-order valence-corrected chi connectivity index (χ2v) is 5.58. The summed E-state index contributed by atoms with van der Waals surface area (Å²) in [5.41, 5.74) is 12.7. The van der Waals surface area contributed by atoms with Crippen molar-refractivity contribution in [3.8, 4) is 0 Å². The molecule has 0 atom stereocenters. The summed E-state index contributed by atoms with van der Waals surface area (Å²) in [6.45, 7) is 4.24. The number of hydrogen-bond acceptors (Lipinski definition) is 2. The van der Waals surface area contributed by atoms with E-state index in [9.17, 15) is 0 Å². The molecule has 0 bridgehead atoms. The Morgan fingerprint density at radius 1 is 0.682 bits per heavy atom. The molecular weight excluding hydrogens is 268 g/mol. The molecule has 0 aliphatic heterocycles. The maximum absolute atomic E-state index is 6.23. The van der Waals surface area contributed by atoms with E-state index in [2.05, 4.69) is 55.1 Å². The molecule has 0 radical (unpaired) electrons. The standard InChI is InChI=1S/C20H20N2/c1-15-12-16(2)14-18(13-15)22(17-8-4-3-5-9-17)20-11-7-6-10-19(20)21/h3-14H,21H2,1-2H3. The normalized spacial score (nSPS) is 10.5. The summed E-state index contributed by atoms with van der Waals surface area (Å²) in [6.07, 6.45) is 0. The van der Waals surface area contributed by atoms with Gasteiger partial charge in [0.25, 0.3) is 0 Å². The number of rotatable bonds is 3. The lowest BCUT2D eigenvalue weighted by atomic mass is 10.1. The van der Waals surface area contributed by atoms with Crippen LogP contribution in [0.25, 0.3) is 0 Å². The van der Waals surface area contributed by atoms with E-state index in [1.54, 1.807) is 0 Å². The van der Waals surface area contributed by atoms with Crippen LogP contribution in [0.15, 0.2) is 72.8 Å². The predicted molar refractivity (Wildman–Crippen MR) is 95.0 cm³/mol. The fraction of sp³-hybridized carbons (Fsp3) is 0.100. The van der Waals surface area contributed by atoms with Gasteiger partial charge in [0.15, 0.2) is 0 Å². The monoisotopic (exact) mass is 288 g/mol. The molecule has 0 aliphatic rings. The van der Waals surface area contributed by atoms with Gasteiger partial charge in [0, 0.05) is 11.4 Å². The van der Waals surface area contributed by atoms with Gasteiger partial charge >= 0.3 is 0 Å². The highest BCUT2D eigenvalue weighted by Gasteiger charge is 2.14. The van der Waals surface area contributed by atoms with Gasteiger partial charge in [-0.25, -0.2) is 0 Å². The quantitative estimate of drug-likeness (QED) is 0.658. The molecule has 3 aromatic rings. The molecule has 3 aromatic carbocycles. The Kier molecular flexibility index (Phi) is 3.84. The molecule has 2 heteroatoms. The first-order valence-electron chi connectivity index (χ1n) is 7.43. The maximum atomic E-state index is 6.23. The predicted octanol–water partition coefficient (Wildman–Crippen LogP) is 5.36. The fourth-order valence-corrected chi connectivity index (χ4v) is 2.78. The average Bonchev–Trinajstić information content (AvgIpc) is 2.50. The van der Waals surface area contributed by atoms with Crippen molar-refractivity contribution >= 4 is 22.7 Å². The van der Waals surface area contributed by atoms with E-state index in [0.717, 1.165) is 22.7 Å². The summed E-state index contributed by atoms with van der Waals surface area (Å²) in [6, 6.07) is 24.8. The second-order valence-electron chi connectivity index (χ2n) is 5.58. The smallest absolute Gasteiger partial charge is 0.0691 e. The topological polar surface area (TPSA) is 29.3 Å². The summed E-state index contributed by atoms with van der Waals surface area (Å²) in [5.74, 6) is 0. The number of nitrogens with zero attached hydrogens (tertiary/aromatic N) is 1. The van der Waals surface area contributed by atoms with Gasteiger partial charge in [-0.3, -0.25) is 0 Å². The molecule has 22 heavy (non-hydrogen) atoms. The Bertz CT molecular complexity index is 758. The molecule has 110 valence electrons. The van der Waals surface area contributed by atoms with Gasteiger partial charge in [0.2, 0.25) is 0 Å². The summed E-state index contributed by atoms with van der Waals surface area (Å²) in [4.78, 5) is 2.20. The van der Waals surface area contributed by atoms with Crippen molar-refractivity contribution in [2.45, 2.75) is 13.8 Å². The summed E-state index contributed by atoms with van der Waals surface area (Å²) < 4.78 is 0. The molecule has 0 fully saturated rings. The molecule has 0 unspecified atom stereocenters. The van der Waals surface area contributed by atoms with Crippen LogP contribution < -0.4 is 10.6 Å². The van der Waals surface area contributed by atoms with E-state index in [1.165, 1.54) is 11.1 Å². The summed E-state index contributed by atoms with van der Waals surface area (Å²) >= 11 is 0. The van der Waals surface area contributed by atoms with Gasteiger partial charge in [-0.1, -0.05) is 36.4 Å². The molecule has 2 N–H and O–H groups in total. The lowest BCUT2D eigenvalue weighted by Crippen LogP contribution is -2.12. The first kappa shape index (κ1) is 14.2. The van der Waals surface area contributed by atoms with Gasteiger partial charge in [-0.15, -0.1) is 0 Å². The zero-order valence-corrected chi connectivity index (χ0v) is 13.0. The van der Waals surface area contributed by atoms with E-state index in [1.807, 2.05) is 36.4 Å². The highest BCUT2D eigenvalue weighted by atomic mass is 15.1. The van der Waals surface area contributed by atoms with Gasteiger partial charge < -0.3 is 10.6 Å². The number of nitrogen functional groups attached to an aromatic ring is 1. The number of benzene rings is 3. The van der Waals surface area contributed by atoms with Gasteiger partial charge in [-0.2, -0.15) is 0 Å². The van der Waals surface area contributed by atoms with E-state index < -0.39 is 0 Å². The maximum Gasteiger partial charge on any atom is 0.0691 e. The van der Waals surface area contributed by atoms with Crippen LogP contribution >= 0.6 is 0 Å². The molecule has 0 amide bonds. The first-order chi connectivity index (χ1) is 10.6. The zero-order chi connectivity index (χ0) is 15.5. The average molecular weight is 288 g/mol. The Morgan fingerprint density at radius 3 is 1.91 bits per heavy atom. The number of anilines is 4. The van der Waals surface area contributed by atoms with Crippen molar-refractivity contribution in [3.63, 3.8) is 0 Å². The number of para-hydroxylation sites is 3. The van der Waals surface area contributed by atoms with Crippen molar-refractivity contribution in [1.82, 2.24) is 0 Å². The highest BCUT2D eigenvalue weighted by molar-refractivity contribution is 5.83. The highest BCUT2D eigenvalue weighted by Crippen LogP contribution is 2.38.